The number of pyridine rings is 1. The molecule has 1 heterocycles. The smallest absolute Gasteiger partial charge is 0.312 e. The van der Waals surface area contributed by atoms with Crippen molar-refractivity contribution in [2.75, 3.05) is 5.32 Å². The number of aromatic nitrogens is 1. The van der Waals surface area contributed by atoms with Gasteiger partial charge in [-0.05, 0) is 23.8 Å². The number of hydrogen-bond donors (Lipinski definition) is 3. The van der Waals surface area contributed by atoms with Gasteiger partial charge in [0.05, 0.1) is 12.5 Å². The number of nitrogens with two attached hydrogens (primary N) is 1. The third-order valence-electron chi connectivity index (χ3n) is 2.92. The summed E-state index contributed by atoms with van der Waals surface area (Å²) in [5.74, 6) is 0.127. The summed E-state index contributed by atoms with van der Waals surface area (Å²) in [5.41, 5.74) is 5.80. The van der Waals surface area contributed by atoms with Crippen LogP contribution < -0.4 is 16.4 Å². The van der Waals surface area contributed by atoms with Crippen molar-refractivity contribution in [3.05, 3.63) is 59.2 Å². The van der Waals surface area contributed by atoms with Crippen molar-refractivity contribution in [2.45, 2.75) is 12.5 Å². The summed E-state index contributed by atoms with van der Waals surface area (Å²) in [6, 6.07) is 10.8. The highest BCUT2D eigenvalue weighted by Crippen LogP contribution is 2.25. The van der Waals surface area contributed by atoms with Crippen LogP contribution in [0.15, 0.2) is 48.7 Å². The Hall–Kier alpha value is -2.60. The molecule has 0 aliphatic rings. The van der Waals surface area contributed by atoms with Crippen LogP contribution >= 0.6 is 11.6 Å². The Balaban J connectivity index is 2.11. The number of urea groups is 1. The Bertz CT molecular complexity index is 664. The van der Waals surface area contributed by atoms with E-state index in [1.165, 1.54) is 0 Å². The van der Waals surface area contributed by atoms with Gasteiger partial charge in [-0.2, -0.15) is 0 Å². The third-order valence-corrected chi connectivity index (χ3v) is 3.26. The van der Waals surface area contributed by atoms with Crippen LogP contribution in [0.1, 0.15) is 18.0 Å². The molecule has 0 radical (unpaired) electrons. The lowest BCUT2D eigenvalue weighted by Gasteiger charge is -2.18. The lowest BCUT2D eigenvalue weighted by Crippen LogP contribution is -2.35. The SMILES string of the molecule is NC(=O)N[C@@H](CC(=O)Nc1ccccn1)c1ccccc1Cl. The van der Waals surface area contributed by atoms with E-state index in [9.17, 15) is 9.59 Å². The van der Waals surface area contributed by atoms with Crippen molar-refractivity contribution in [1.82, 2.24) is 10.3 Å². The predicted molar refractivity (Wildman–Crippen MR) is 84.4 cm³/mol. The first-order valence-electron chi connectivity index (χ1n) is 6.57. The second kappa shape index (κ2) is 7.42. The van der Waals surface area contributed by atoms with E-state index >= 15 is 0 Å². The summed E-state index contributed by atoms with van der Waals surface area (Å²) in [6.45, 7) is 0. The van der Waals surface area contributed by atoms with Gasteiger partial charge in [0.2, 0.25) is 5.91 Å². The molecule has 2 rings (SSSR count). The van der Waals surface area contributed by atoms with Gasteiger partial charge < -0.3 is 16.4 Å². The summed E-state index contributed by atoms with van der Waals surface area (Å²) in [5, 5.41) is 5.63. The Labute approximate surface area is 132 Å². The van der Waals surface area contributed by atoms with Gasteiger partial charge >= 0.3 is 6.03 Å². The number of primary amides is 1. The van der Waals surface area contributed by atoms with E-state index in [1.807, 2.05) is 0 Å². The number of amides is 3. The average Bonchev–Trinajstić information content (AvgIpc) is 2.47. The fraction of sp³-hybridized carbons (Fsp3) is 0.133. The molecular formula is C15H15ClN4O2. The molecule has 0 fully saturated rings. The molecule has 1 atom stereocenters. The van der Waals surface area contributed by atoms with Crippen LogP contribution in [0.25, 0.3) is 0 Å². The van der Waals surface area contributed by atoms with Crippen LogP contribution in [0, 0.1) is 0 Å². The maximum absolute atomic E-state index is 12.1. The van der Waals surface area contributed by atoms with Gasteiger partial charge in [-0.25, -0.2) is 9.78 Å². The summed E-state index contributed by atoms with van der Waals surface area (Å²) >= 11 is 6.11. The molecule has 0 aliphatic heterocycles. The second-order valence-corrected chi connectivity index (χ2v) is 4.96. The summed E-state index contributed by atoms with van der Waals surface area (Å²) in [7, 11) is 0. The van der Waals surface area contributed by atoms with Crippen LogP contribution in [-0.4, -0.2) is 16.9 Å². The summed E-state index contributed by atoms with van der Waals surface area (Å²) < 4.78 is 0. The van der Waals surface area contributed by atoms with Crippen molar-refractivity contribution < 1.29 is 9.59 Å². The number of halogens is 1. The van der Waals surface area contributed by atoms with E-state index in [-0.39, 0.29) is 12.3 Å². The molecule has 6 nitrogen and oxygen atoms in total. The Kier molecular flexibility index (Phi) is 5.32. The molecule has 0 spiro atoms. The number of anilines is 1. The molecule has 1 aromatic carbocycles. The van der Waals surface area contributed by atoms with Crippen molar-refractivity contribution in [3.8, 4) is 0 Å². The Morgan fingerprint density at radius 3 is 2.55 bits per heavy atom. The molecule has 4 N–H and O–H groups in total. The normalized spacial score (nSPS) is 11.5. The van der Waals surface area contributed by atoms with E-state index in [0.29, 0.717) is 16.4 Å². The van der Waals surface area contributed by atoms with Crippen molar-refractivity contribution in [2.24, 2.45) is 5.73 Å². The maximum Gasteiger partial charge on any atom is 0.312 e. The quantitative estimate of drug-likeness (QED) is 0.790. The molecule has 7 heteroatoms. The average molecular weight is 319 g/mol. The lowest BCUT2D eigenvalue weighted by molar-refractivity contribution is -0.116. The lowest BCUT2D eigenvalue weighted by atomic mass is 10.0. The van der Waals surface area contributed by atoms with E-state index in [1.54, 1.807) is 48.7 Å². The van der Waals surface area contributed by atoms with E-state index in [2.05, 4.69) is 15.6 Å². The van der Waals surface area contributed by atoms with Gasteiger partial charge in [0.25, 0.3) is 0 Å². The van der Waals surface area contributed by atoms with Crippen LogP contribution in [0.2, 0.25) is 5.02 Å². The Morgan fingerprint density at radius 2 is 1.91 bits per heavy atom. The van der Waals surface area contributed by atoms with E-state index < -0.39 is 12.1 Å². The molecule has 2 aromatic rings. The first kappa shape index (κ1) is 15.8. The van der Waals surface area contributed by atoms with Gasteiger partial charge in [-0.1, -0.05) is 35.9 Å². The number of nitrogens with one attached hydrogen (secondary N) is 2. The largest absolute Gasteiger partial charge is 0.352 e. The third kappa shape index (κ3) is 4.46. The standard InChI is InChI=1S/C15H15ClN4O2/c16-11-6-2-1-5-10(11)12(19-15(17)22)9-14(21)20-13-7-3-4-8-18-13/h1-8,12H,9H2,(H3,17,19,22)(H,18,20,21)/t12-/m0/s1. The highest BCUT2D eigenvalue weighted by molar-refractivity contribution is 6.31. The van der Waals surface area contributed by atoms with Crippen molar-refractivity contribution in [1.29, 1.82) is 0 Å². The van der Waals surface area contributed by atoms with Crippen LogP contribution in [-0.2, 0) is 4.79 Å². The molecule has 0 saturated heterocycles. The van der Waals surface area contributed by atoms with Gasteiger partial charge in [0.15, 0.2) is 0 Å². The highest BCUT2D eigenvalue weighted by atomic mass is 35.5. The zero-order chi connectivity index (χ0) is 15.9. The van der Waals surface area contributed by atoms with Gasteiger partial charge in [-0.3, -0.25) is 4.79 Å². The molecular weight excluding hydrogens is 304 g/mol. The zero-order valence-electron chi connectivity index (χ0n) is 11.6. The number of nitrogens with zero attached hydrogens (tertiary/aromatic N) is 1. The number of hydrogen-bond acceptors (Lipinski definition) is 3. The van der Waals surface area contributed by atoms with Crippen LogP contribution in [0.4, 0.5) is 10.6 Å². The van der Waals surface area contributed by atoms with Gasteiger partial charge in [0.1, 0.15) is 5.82 Å². The highest BCUT2D eigenvalue weighted by Gasteiger charge is 2.19. The molecule has 0 aliphatic carbocycles. The molecule has 3 amide bonds. The summed E-state index contributed by atoms with van der Waals surface area (Å²) in [4.78, 5) is 27.3. The second-order valence-electron chi connectivity index (χ2n) is 4.55. The molecule has 0 bridgehead atoms. The maximum atomic E-state index is 12.1. The first-order valence-corrected chi connectivity index (χ1v) is 6.95. The number of carbonyl (C=O) groups is 2. The zero-order valence-corrected chi connectivity index (χ0v) is 12.4. The molecule has 0 saturated carbocycles. The van der Waals surface area contributed by atoms with E-state index in [4.69, 9.17) is 17.3 Å². The topological polar surface area (TPSA) is 97.1 Å². The molecule has 114 valence electrons. The number of benzene rings is 1. The molecule has 22 heavy (non-hydrogen) atoms. The minimum Gasteiger partial charge on any atom is -0.352 e. The Morgan fingerprint density at radius 1 is 1.18 bits per heavy atom. The number of carbonyl (C=O) groups excluding carboxylic acids is 2. The predicted octanol–water partition coefficient (Wildman–Crippen LogP) is 2.47. The number of rotatable bonds is 5. The molecule has 0 unspecified atom stereocenters. The molecule has 1 aromatic heterocycles. The summed E-state index contributed by atoms with van der Waals surface area (Å²) in [6.07, 6.45) is 1.56. The van der Waals surface area contributed by atoms with Crippen molar-refractivity contribution >= 4 is 29.4 Å². The minimum absolute atomic E-state index is 0.0107. The fourth-order valence-corrected chi connectivity index (χ4v) is 2.25. The van der Waals surface area contributed by atoms with Gasteiger partial charge in [0, 0.05) is 11.2 Å². The van der Waals surface area contributed by atoms with Crippen molar-refractivity contribution in [3.63, 3.8) is 0 Å². The first-order chi connectivity index (χ1) is 10.6. The van der Waals surface area contributed by atoms with E-state index in [0.717, 1.165) is 0 Å². The minimum atomic E-state index is -0.726. The van der Waals surface area contributed by atoms with Crippen LogP contribution in [0.3, 0.4) is 0 Å². The monoisotopic (exact) mass is 318 g/mol. The van der Waals surface area contributed by atoms with Crippen LogP contribution in [0.5, 0.6) is 0 Å². The van der Waals surface area contributed by atoms with Gasteiger partial charge in [-0.15, -0.1) is 0 Å². The fourth-order valence-electron chi connectivity index (χ4n) is 1.98.